The molecule has 0 spiro atoms. The Bertz CT molecular complexity index is 1090. The van der Waals surface area contributed by atoms with Crippen molar-refractivity contribution in [2.24, 2.45) is 5.92 Å². The van der Waals surface area contributed by atoms with Crippen molar-refractivity contribution < 1.29 is 9.18 Å². The smallest absolute Gasteiger partial charge is 0.255 e. The monoisotopic (exact) mass is 417 g/mol. The van der Waals surface area contributed by atoms with Gasteiger partial charge >= 0.3 is 0 Å². The fraction of sp³-hybridized carbons (Fsp3) is 0.333. The van der Waals surface area contributed by atoms with Crippen molar-refractivity contribution in [3.8, 4) is 11.4 Å². The normalized spacial score (nSPS) is 22.4. The van der Waals surface area contributed by atoms with Crippen molar-refractivity contribution >= 4 is 11.7 Å². The maximum atomic E-state index is 14.1. The molecule has 2 saturated heterocycles. The average Bonchev–Trinajstić information content (AvgIpc) is 2.81. The summed E-state index contributed by atoms with van der Waals surface area (Å²) < 4.78 is 14.1. The molecule has 0 radical (unpaired) electrons. The molecule has 6 nitrogen and oxygen atoms in total. The van der Waals surface area contributed by atoms with E-state index in [4.69, 9.17) is 0 Å². The molecule has 3 aliphatic rings. The molecule has 2 aliphatic heterocycles. The molecule has 2 bridgehead atoms. The first-order valence-corrected chi connectivity index (χ1v) is 10.7. The summed E-state index contributed by atoms with van der Waals surface area (Å²) in [7, 11) is 0. The number of pyridine rings is 1. The highest BCUT2D eigenvalue weighted by molar-refractivity contribution is 6.00. The lowest BCUT2D eigenvalue weighted by Crippen LogP contribution is -2.59. The SMILES string of the molecule is Cc1ccc(NC2CC3CCC2N(C(=O)c2cc(F)ccc2-c2ncccn2)C3)nc1. The number of carbonyl (C=O) groups is 1. The third kappa shape index (κ3) is 3.87. The van der Waals surface area contributed by atoms with Crippen molar-refractivity contribution in [1.29, 1.82) is 0 Å². The minimum atomic E-state index is -0.441. The van der Waals surface area contributed by atoms with Crippen LogP contribution in [0, 0.1) is 18.7 Å². The number of halogens is 1. The first-order valence-electron chi connectivity index (χ1n) is 10.7. The molecule has 2 aromatic heterocycles. The summed E-state index contributed by atoms with van der Waals surface area (Å²) in [5, 5.41) is 3.53. The van der Waals surface area contributed by atoms with Gasteiger partial charge in [0.15, 0.2) is 5.82 Å². The van der Waals surface area contributed by atoms with E-state index in [0.717, 1.165) is 30.6 Å². The third-order valence-electron chi connectivity index (χ3n) is 6.30. The molecular formula is C24H24FN5O. The predicted octanol–water partition coefficient (Wildman–Crippen LogP) is 4.09. The Morgan fingerprint density at radius 3 is 2.71 bits per heavy atom. The quantitative estimate of drug-likeness (QED) is 0.692. The maximum absolute atomic E-state index is 14.1. The number of nitrogens with one attached hydrogen (secondary N) is 1. The molecule has 6 rings (SSSR count). The van der Waals surface area contributed by atoms with Gasteiger partial charge in [0.1, 0.15) is 11.6 Å². The highest BCUT2D eigenvalue weighted by Gasteiger charge is 2.43. The van der Waals surface area contributed by atoms with Crippen molar-refractivity contribution in [2.75, 3.05) is 11.9 Å². The van der Waals surface area contributed by atoms with E-state index in [9.17, 15) is 9.18 Å². The van der Waals surface area contributed by atoms with Crippen LogP contribution in [0.25, 0.3) is 11.4 Å². The van der Waals surface area contributed by atoms with E-state index in [0.29, 0.717) is 29.4 Å². The zero-order valence-electron chi connectivity index (χ0n) is 17.3. The zero-order valence-corrected chi connectivity index (χ0v) is 17.3. The summed E-state index contributed by atoms with van der Waals surface area (Å²) in [4.78, 5) is 28.6. The van der Waals surface area contributed by atoms with Crippen LogP contribution in [-0.4, -0.2) is 44.4 Å². The second kappa shape index (κ2) is 8.06. The Morgan fingerprint density at radius 1 is 1.13 bits per heavy atom. The van der Waals surface area contributed by atoms with Gasteiger partial charge in [-0.25, -0.2) is 19.3 Å². The van der Waals surface area contributed by atoms with Crippen molar-refractivity contribution in [2.45, 2.75) is 38.3 Å². The predicted molar refractivity (Wildman–Crippen MR) is 116 cm³/mol. The molecule has 3 unspecified atom stereocenters. The molecule has 1 aromatic carbocycles. The van der Waals surface area contributed by atoms with Gasteiger partial charge in [-0.3, -0.25) is 4.79 Å². The van der Waals surface area contributed by atoms with Gasteiger partial charge in [-0.05, 0) is 68.0 Å². The first-order chi connectivity index (χ1) is 15.1. The number of anilines is 1. The second-order valence-electron chi connectivity index (χ2n) is 8.44. The molecule has 1 N–H and O–H groups in total. The van der Waals surface area contributed by atoms with Crippen molar-refractivity contribution in [3.63, 3.8) is 0 Å². The summed E-state index contributed by atoms with van der Waals surface area (Å²) in [6.45, 7) is 2.70. The van der Waals surface area contributed by atoms with Gasteiger partial charge in [0.25, 0.3) is 5.91 Å². The summed E-state index contributed by atoms with van der Waals surface area (Å²) in [6.07, 6.45) is 8.11. The minimum absolute atomic E-state index is 0.0356. The van der Waals surface area contributed by atoms with Crippen molar-refractivity contribution in [1.82, 2.24) is 19.9 Å². The van der Waals surface area contributed by atoms with Gasteiger partial charge in [0.2, 0.25) is 0 Å². The molecular weight excluding hydrogens is 393 g/mol. The summed E-state index contributed by atoms with van der Waals surface area (Å²) in [6, 6.07) is 10.1. The number of carbonyl (C=O) groups excluding carboxylic acids is 1. The summed E-state index contributed by atoms with van der Waals surface area (Å²) in [5.41, 5.74) is 1.97. The molecule has 3 fully saturated rings. The van der Waals surface area contributed by atoms with Gasteiger partial charge in [-0.15, -0.1) is 0 Å². The van der Waals surface area contributed by atoms with Crippen LogP contribution in [0.1, 0.15) is 35.2 Å². The van der Waals surface area contributed by atoms with Crippen LogP contribution in [0.4, 0.5) is 10.2 Å². The topological polar surface area (TPSA) is 71.0 Å². The van der Waals surface area contributed by atoms with Crippen LogP contribution in [0.3, 0.4) is 0 Å². The lowest BCUT2D eigenvalue weighted by atomic mass is 9.76. The number of hydrogen-bond acceptors (Lipinski definition) is 5. The fourth-order valence-electron chi connectivity index (χ4n) is 4.81. The molecule has 158 valence electrons. The van der Waals surface area contributed by atoms with Crippen LogP contribution in [-0.2, 0) is 0 Å². The summed E-state index contributed by atoms with van der Waals surface area (Å²) >= 11 is 0. The van der Waals surface area contributed by atoms with Gasteiger partial charge < -0.3 is 10.2 Å². The largest absolute Gasteiger partial charge is 0.365 e. The lowest BCUT2D eigenvalue weighted by molar-refractivity contribution is 0.0282. The third-order valence-corrected chi connectivity index (χ3v) is 6.30. The molecule has 3 aromatic rings. The molecule has 1 saturated carbocycles. The number of piperidine rings is 2. The number of nitrogens with zero attached hydrogens (tertiary/aromatic N) is 4. The Balaban J connectivity index is 1.44. The Labute approximate surface area is 180 Å². The van der Waals surface area contributed by atoms with Crippen LogP contribution < -0.4 is 5.32 Å². The van der Waals surface area contributed by atoms with E-state index >= 15 is 0 Å². The van der Waals surface area contributed by atoms with E-state index in [1.54, 1.807) is 24.5 Å². The number of aromatic nitrogens is 3. The number of amides is 1. The Hall–Kier alpha value is -3.35. The molecule has 4 heterocycles. The lowest BCUT2D eigenvalue weighted by Gasteiger charge is -2.50. The van der Waals surface area contributed by atoms with Gasteiger partial charge in [0, 0.05) is 36.7 Å². The molecule has 31 heavy (non-hydrogen) atoms. The van der Waals surface area contributed by atoms with E-state index < -0.39 is 5.82 Å². The van der Waals surface area contributed by atoms with Crippen LogP contribution >= 0.6 is 0 Å². The molecule has 7 heteroatoms. The van der Waals surface area contributed by atoms with Gasteiger partial charge in [-0.1, -0.05) is 6.07 Å². The number of benzene rings is 1. The second-order valence-corrected chi connectivity index (χ2v) is 8.44. The molecule has 1 amide bonds. The van der Waals surface area contributed by atoms with Crippen LogP contribution in [0.15, 0.2) is 55.0 Å². The van der Waals surface area contributed by atoms with E-state index in [2.05, 4.69) is 20.3 Å². The highest BCUT2D eigenvalue weighted by atomic mass is 19.1. The minimum Gasteiger partial charge on any atom is -0.365 e. The number of hydrogen-bond donors (Lipinski definition) is 1. The number of aryl methyl sites for hydroxylation is 1. The van der Waals surface area contributed by atoms with Crippen LogP contribution in [0.2, 0.25) is 0 Å². The highest BCUT2D eigenvalue weighted by Crippen LogP contribution is 2.38. The van der Waals surface area contributed by atoms with E-state index in [1.165, 1.54) is 12.1 Å². The maximum Gasteiger partial charge on any atom is 0.255 e. The molecule has 1 aliphatic carbocycles. The number of fused-ring (bicyclic) bond motifs is 3. The fourth-order valence-corrected chi connectivity index (χ4v) is 4.81. The van der Waals surface area contributed by atoms with Gasteiger partial charge in [-0.2, -0.15) is 0 Å². The standard InChI is InChI=1S/C24H24FN5O/c1-15-3-8-22(28-13-15)29-20-11-16-4-7-21(20)30(14-16)24(31)19-12-17(25)5-6-18(19)23-26-9-2-10-27-23/h2-3,5-6,8-10,12-13,16,20-21H,4,7,11,14H2,1H3,(H,28,29). The van der Waals surface area contributed by atoms with E-state index in [1.807, 2.05) is 30.2 Å². The van der Waals surface area contributed by atoms with Crippen LogP contribution in [0.5, 0.6) is 0 Å². The van der Waals surface area contributed by atoms with Crippen molar-refractivity contribution in [3.05, 3.63) is 71.9 Å². The number of rotatable bonds is 4. The summed E-state index contributed by atoms with van der Waals surface area (Å²) in [5.74, 6) is 1.05. The van der Waals surface area contributed by atoms with Gasteiger partial charge in [0.05, 0.1) is 11.6 Å². The molecule has 3 atom stereocenters. The Morgan fingerprint density at radius 2 is 1.97 bits per heavy atom. The zero-order chi connectivity index (χ0) is 21.4. The first kappa shape index (κ1) is 19.6. The average molecular weight is 417 g/mol. The Kier molecular flexibility index (Phi) is 5.10. The van der Waals surface area contributed by atoms with E-state index in [-0.39, 0.29) is 18.0 Å².